The molecule has 0 fully saturated rings. The first-order chi connectivity index (χ1) is 11.6. The van der Waals surface area contributed by atoms with Crippen LogP contribution in [0.3, 0.4) is 0 Å². The summed E-state index contributed by atoms with van der Waals surface area (Å²) in [6.45, 7) is 6.44. The molecule has 2 heterocycles. The van der Waals surface area contributed by atoms with Crippen molar-refractivity contribution >= 4 is 11.4 Å². The average molecular weight is 320 g/mol. The summed E-state index contributed by atoms with van der Waals surface area (Å²) < 4.78 is 1.48. The van der Waals surface area contributed by atoms with Gasteiger partial charge in [-0.15, -0.1) is 0 Å². The van der Waals surface area contributed by atoms with Gasteiger partial charge < -0.3 is 5.32 Å². The summed E-state index contributed by atoms with van der Waals surface area (Å²) in [6, 6.07) is 11.8. The number of anilines is 2. The highest BCUT2D eigenvalue weighted by Gasteiger charge is 2.10. The van der Waals surface area contributed by atoms with Crippen molar-refractivity contribution in [1.29, 1.82) is 0 Å². The minimum Gasteiger partial charge on any atom is -0.349 e. The van der Waals surface area contributed by atoms with Crippen LogP contribution in [0.5, 0.6) is 0 Å². The Balaban J connectivity index is 2.10. The van der Waals surface area contributed by atoms with Crippen molar-refractivity contribution in [3.8, 4) is 11.3 Å². The van der Waals surface area contributed by atoms with E-state index in [0.717, 1.165) is 28.1 Å². The summed E-state index contributed by atoms with van der Waals surface area (Å²) in [5, 5.41) is 7.68. The van der Waals surface area contributed by atoms with Gasteiger partial charge in [0, 0.05) is 18.3 Å². The van der Waals surface area contributed by atoms with Crippen molar-refractivity contribution in [2.75, 3.05) is 5.32 Å². The number of hydrogen-bond donors (Lipinski definition) is 1. The number of nitrogens with zero attached hydrogens (tertiary/aromatic N) is 3. The zero-order valence-corrected chi connectivity index (χ0v) is 14.1. The fourth-order valence-corrected chi connectivity index (χ4v) is 2.53. The van der Waals surface area contributed by atoms with Crippen LogP contribution in [-0.4, -0.2) is 14.8 Å². The van der Waals surface area contributed by atoms with Crippen molar-refractivity contribution in [2.24, 2.45) is 0 Å². The molecule has 1 aromatic carbocycles. The molecular formula is C19H20N4O. The molecule has 0 aliphatic rings. The molecule has 5 heteroatoms. The molecule has 122 valence electrons. The summed E-state index contributed by atoms with van der Waals surface area (Å²) in [5.41, 5.74) is 5.12. The van der Waals surface area contributed by atoms with Crippen LogP contribution >= 0.6 is 0 Å². The van der Waals surface area contributed by atoms with Crippen LogP contribution in [0, 0.1) is 13.8 Å². The van der Waals surface area contributed by atoms with E-state index in [2.05, 4.69) is 21.5 Å². The quantitative estimate of drug-likeness (QED) is 0.796. The third-order valence-corrected chi connectivity index (χ3v) is 3.90. The number of rotatable bonds is 4. The zero-order valence-electron chi connectivity index (χ0n) is 14.1. The van der Waals surface area contributed by atoms with Crippen molar-refractivity contribution in [1.82, 2.24) is 14.8 Å². The Kier molecular flexibility index (Phi) is 4.42. The number of hydrogen-bond acceptors (Lipinski definition) is 4. The molecule has 0 radical (unpaired) electrons. The maximum Gasteiger partial charge on any atom is 0.290 e. The van der Waals surface area contributed by atoms with Gasteiger partial charge in [-0.2, -0.15) is 5.10 Å². The lowest BCUT2D eigenvalue weighted by Gasteiger charge is -2.12. The van der Waals surface area contributed by atoms with Crippen LogP contribution in [0.4, 0.5) is 11.4 Å². The second-order valence-electron chi connectivity index (χ2n) is 5.75. The third-order valence-electron chi connectivity index (χ3n) is 3.90. The van der Waals surface area contributed by atoms with Gasteiger partial charge >= 0.3 is 0 Å². The van der Waals surface area contributed by atoms with E-state index in [1.54, 1.807) is 18.5 Å². The number of nitrogens with one attached hydrogen (secondary N) is 1. The maximum atomic E-state index is 12.6. The van der Waals surface area contributed by atoms with E-state index in [-0.39, 0.29) is 5.56 Å². The van der Waals surface area contributed by atoms with E-state index in [9.17, 15) is 4.79 Å². The Labute approximate surface area is 141 Å². The number of pyridine rings is 1. The molecule has 2 aromatic heterocycles. The molecule has 0 aliphatic heterocycles. The SMILES string of the molecule is CCn1nc(-c2cccc(C)c2)cc(Nc2cnccc2C)c1=O. The van der Waals surface area contributed by atoms with Gasteiger partial charge in [0.1, 0.15) is 5.69 Å². The molecule has 0 atom stereocenters. The van der Waals surface area contributed by atoms with E-state index in [0.29, 0.717) is 12.2 Å². The van der Waals surface area contributed by atoms with Crippen molar-refractivity contribution < 1.29 is 0 Å². The first-order valence-corrected chi connectivity index (χ1v) is 7.95. The highest BCUT2D eigenvalue weighted by Crippen LogP contribution is 2.22. The average Bonchev–Trinajstić information content (AvgIpc) is 2.58. The van der Waals surface area contributed by atoms with E-state index in [4.69, 9.17) is 0 Å². The first-order valence-electron chi connectivity index (χ1n) is 7.95. The van der Waals surface area contributed by atoms with Gasteiger partial charge in [-0.1, -0.05) is 23.8 Å². The molecule has 0 unspecified atom stereocenters. The summed E-state index contributed by atoms with van der Waals surface area (Å²) in [4.78, 5) is 16.7. The normalized spacial score (nSPS) is 10.6. The molecule has 1 N–H and O–H groups in total. The lowest BCUT2D eigenvalue weighted by Crippen LogP contribution is -2.25. The molecule has 3 aromatic rings. The van der Waals surface area contributed by atoms with Crippen LogP contribution in [0.25, 0.3) is 11.3 Å². The maximum absolute atomic E-state index is 12.6. The second-order valence-corrected chi connectivity index (χ2v) is 5.75. The largest absolute Gasteiger partial charge is 0.349 e. The molecule has 0 bridgehead atoms. The van der Waals surface area contributed by atoms with E-state index in [1.165, 1.54) is 4.68 Å². The lowest BCUT2D eigenvalue weighted by molar-refractivity contribution is 0.621. The number of benzene rings is 1. The summed E-state index contributed by atoms with van der Waals surface area (Å²) in [7, 11) is 0. The predicted molar refractivity (Wildman–Crippen MR) is 96.6 cm³/mol. The van der Waals surface area contributed by atoms with Crippen molar-refractivity contribution in [2.45, 2.75) is 27.3 Å². The van der Waals surface area contributed by atoms with Gasteiger partial charge in [-0.05, 0) is 44.5 Å². The molecule has 0 spiro atoms. The van der Waals surface area contributed by atoms with Gasteiger partial charge in [0.15, 0.2) is 0 Å². The molecule has 0 aliphatic carbocycles. The van der Waals surface area contributed by atoms with Crippen molar-refractivity contribution in [3.05, 3.63) is 70.3 Å². The monoisotopic (exact) mass is 320 g/mol. The van der Waals surface area contributed by atoms with Gasteiger partial charge in [-0.3, -0.25) is 9.78 Å². The fourth-order valence-electron chi connectivity index (χ4n) is 2.53. The van der Waals surface area contributed by atoms with E-state index < -0.39 is 0 Å². The topological polar surface area (TPSA) is 59.8 Å². The lowest BCUT2D eigenvalue weighted by atomic mass is 10.1. The van der Waals surface area contributed by atoms with E-state index in [1.807, 2.05) is 45.0 Å². The van der Waals surface area contributed by atoms with Crippen molar-refractivity contribution in [3.63, 3.8) is 0 Å². The van der Waals surface area contributed by atoms with Gasteiger partial charge in [-0.25, -0.2) is 4.68 Å². The molecule has 5 nitrogen and oxygen atoms in total. The van der Waals surface area contributed by atoms with Crippen LogP contribution in [-0.2, 0) is 6.54 Å². The second kappa shape index (κ2) is 6.66. The molecule has 0 saturated heterocycles. The Bertz CT molecular complexity index is 931. The smallest absolute Gasteiger partial charge is 0.290 e. The summed E-state index contributed by atoms with van der Waals surface area (Å²) in [5.74, 6) is 0. The van der Waals surface area contributed by atoms with Crippen LogP contribution in [0.15, 0.2) is 53.6 Å². The minimum absolute atomic E-state index is 0.142. The molecular weight excluding hydrogens is 300 g/mol. The Morgan fingerprint density at radius 3 is 2.67 bits per heavy atom. The number of aromatic nitrogens is 3. The standard InChI is InChI=1S/C19H20N4O/c1-4-23-19(24)17(21-18-12-20-9-8-14(18)3)11-16(22-23)15-7-5-6-13(2)10-15/h5-12,21H,4H2,1-3H3. The van der Waals surface area contributed by atoms with Gasteiger partial charge in [0.05, 0.1) is 17.6 Å². The minimum atomic E-state index is -0.142. The fraction of sp³-hybridized carbons (Fsp3) is 0.211. The summed E-state index contributed by atoms with van der Waals surface area (Å²) >= 11 is 0. The molecule has 0 saturated carbocycles. The van der Waals surface area contributed by atoms with Crippen LogP contribution in [0.1, 0.15) is 18.1 Å². The number of aryl methyl sites for hydroxylation is 3. The summed E-state index contributed by atoms with van der Waals surface area (Å²) in [6.07, 6.45) is 3.45. The molecule has 3 rings (SSSR count). The van der Waals surface area contributed by atoms with Crippen LogP contribution < -0.4 is 10.9 Å². The third kappa shape index (κ3) is 3.20. The molecule has 24 heavy (non-hydrogen) atoms. The highest BCUT2D eigenvalue weighted by molar-refractivity contribution is 5.68. The highest BCUT2D eigenvalue weighted by atomic mass is 16.1. The first kappa shape index (κ1) is 15.9. The van der Waals surface area contributed by atoms with E-state index >= 15 is 0 Å². The zero-order chi connectivity index (χ0) is 17.1. The van der Waals surface area contributed by atoms with Gasteiger partial charge in [0.2, 0.25) is 0 Å². The predicted octanol–water partition coefficient (Wildman–Crippen LogP) is 3.69. The Hall–Kier alpha value is -2.95. The van der Waals surface area contributed by atoms with Crippen LogP contribution in [0.2, 0.25) is 0 Å². The Morgan fingerprint density at radius 2 is 1.96 bits per heavy atom. The van der Waals surface area contributed by atoms with Gasteiger partial charge in [0.25, 0.3) is 5.56 Å². The molecule has 0 amide bonds. The Morgan fingerprint density at radius 1 is 1.12 bits per heavy atom.